The van der Waals surface area contributed by atoms with Gasteiger partial charge in [-0.1, -0.05) is 0 Å². The van der Waals surface area contributed by atoms with Crippen molar-refractivity contribution in [1.82, 2.24) is 4.31 Å². The van der Waals surface area contributed by atoms with Crippen molar-refractivity contribution in [2.75, 3.05) is 26.5 Å². The van der Waals surface area contributed by atoms with Crippen molar-refractivity contribution in [1.29, 1.82) is 0 Å². The largest absolute Gasteiger partial charge is 0.478 e. The number of likely N-dealkylation sites (N-methyl/N-ethyl adjacent to an activating group) is 1. The maximum absolute atomic E-state index is 10.9. The molecule has 1 N–H and O–H groups in total. The van der Waals surface area contributed by atoms with Gasteiger partial charge in [0.05, 0.1) is 6.26 Å². The lowest BCUT2D eigenvalue weighted by atomic mass is 10.5. The van der Waals surface area contributed by atoms with Gasteiger partial charge in [-0.25, -0.2) is 22.3 Å². The van der Waals surface area contributed by atoms with E-state index in [1.165, 1.54) is 7.05 Å². The summed E-state index contributed by atoms with van der Waals surface area (Å²) < 4.78 is 27.4. The highest BCUT2D eigenvalue weighted by atomic mass is 32.2. The van der Waals surface area contributed by atoms with Crippen LogP contribution in [0, 0.1) is 0 Å². The van der Waals surface area contributed by atoms with Crippen molar-refractivity contribution >= 4 is 22.0 Å². The number of carbonyl (C=O) groups is 2. The van der Waals surface area contributed by atoms with Crippen LogP contribution in [-0.4, -0.2) is 56.2 Å². The van der Waals surface area contributed by atoms with Crippen molar-refractivity contribution in [3.05, 3.63) is 12.2 Å². The lowest BCUT2D eigenvalue weighted by Crippen LogP contribution is -2.29. The third-order valence-electron chi connectivity index (χ3n) is 1.58. The van der Waals surface area contributed by atoms with Gasteiger partial charge in [-0.3, -0.25) is 0 Å². The monoisotopic (exact) mass is 251 g/mol. The summed E-state index contributed by atoms with van der Waals surface area (Å²) in [6.07, 6.45) is 2.42. The number of hydrogen-bond acceptors (Lipinski definition) is 5. The summed E-state index contributed by atoms with van der Waals surface area (Å²) in [7, 11) is -1.95. The predicted octanol–water partition coefficient (Wildman–Crippen LogP) is -0.938. The fraction of sp³-hybridized carbons (Fsp3) is 0.500. The maximum atomic E-state index is 10.9. The average molecular weight is 251 g/mol. The van der Waals surface area contributed by atoms with E-state index >= 15 is 0 Å². The number of carboxylic acid groups (broad SMARTS) is 1. The SMILES string of the molecule is CN(CCOC(=O)C=CC(=O)O)S(C)(=O)=O. The van der Waals surface area contributed by atoms with Crippen LogP contribution in [0.25, 0.3) is 0 Å². The Balaban J connectivity index is 3.92. The second-order valence-electron chi connectivity index (χ2n) is 2.92. The Labute approximate surface area is 93.4 Å². The number of sulfonamides is 1. The first-order valence-corrected chi connectivity index (χ1v) is 6.07. The van der Waals surface area contributed by atoms with E-state index in [0.717, 1.165) is 16.6 Å². The molecule has 8 heteroatoms. The Kier molecular flexibility index (Phi) is 5.68. The smallest absolute Gasteiger partial charge is 0.331 e. The van der Waals surface area contributed by atoms with Gasteiger partial charge in [-0.15, -0.1) is 0 Å². The molecule has 0 spiro atoms. The second kappa shape index (κ2) is 6.23. The molecule has 0 aromatic rings. The van der Waals surface area contributed by atoms with Crippen LogP contribution in [0.4, 0.5) is 0 Å². The number of aliphatic carboxylic acids is 1. The van der Waals surface area contributed by atoms with Crippen molar-refractivity contribution in [3.8, 4) is 0 Å². The molecule has 16 heavy (non-hydrogen) atoms. The summed E-state index contributed by atoms with van der Waals surface area (Å²) >= 11 is 0. The Morgan fingerprint density at radius 3 is 2.38 bits per heavy atom. The maximum Gasteiger partial charge on any atom is 0.331 e. The minimum absolute atomic E-state index is 0.0193. The number of esters is 1. The van der Waals surface area contributed by atoms with Gasteiger partial charge in [0.1, 0.15) is 6.61 Å². The number of carboxylic acids is 1. The molecule has 0 atom stereocenters. The Hall–Kier alpha value is -1.41. The number of ether oxygens (including phenoxy) is 1. The Morgan fingerprint density at radius 2 is 1.94 bits per heavy atom. The van der Waals surface area contributed by atoms with Crippen LogP contribution in [0.2, 0.25) is 0 Å². The van der Waals surface area contributed by atoms with Gasteiger partial charge in [0.25, 0.3) is 0 Å². The third kappa shape index (κ3) is 6.96. The fourth-order valence-corrected chi connectivity index (χ4v) is 1.03. The molecule has 0 aromatic heterocycles. The highest BCUT2D eigenvalue weighted by molar-refractivity contribution is 7.88. The number of nitrogens with zero attached hydrogens (tertiary/aromatic N) is 1. The van der Waals surface area contributed by atoms with E-state index in [4.69, 9.17) is 5.11 Å². The molecule has 0 saturated carbocycles. The molecule has 0 aliphatic carbocycles. The van der Waals surface area contributed by atoms with E-state index in [1.54, 1.807) is 0 Å². The average Bonchev–Trinajstić information content (AvgIpc) is 2.13. The van der Waals surface area contributed by atoms with Crippen molar-refractivity contribution in [2.24, 2.45) is 0 Å². The van der Waals surface area contributed by atoms with Gasteiger partial charge in [0, 0.05) is 25.7 Å². The highest BCUT2D eigenvalue weighted by Gasteiger charge is 2.10. The van der Waals surface area contributed by atoms with E-state index in [-0.39, 0.29) is 13.2 Å². The molecule has 0 amide bonds. The van der Waals surface area contributed by atoms with Gasteiger partial charge in [0.2, 0.25) is 10.0 Å². The molecule has 0 aliphatic rings. The van der Waals surface area contributed by atoms with Gasteiger partial charge in [-0.05, 0) is 0 Å². The highest BCUT2D eigenvalue weighted by Crippen LogP contribution is 1.92. The van der Waals surface area contributed by atoms with Crippen molar-refractivity contribution in [3.63, 3.8) is 0 Å². The molecule has 0 bridgehead atoms. The van der Waals surface area contributed by atoms with E-state index < -0.39 is 22.0 Å². The molecule has 0 rings (SSSR count). The second-order valence-corrected chi connectivity index (χ2v) is 5.01. The molecule has 92 valence electrons. The molecular weight excluding hydrogens is 238 g/mol. The molecule has 0 unspecified atom stereocenters. The van der Waals surface area contributed by atoms with Crippen LogP contribution >= 0.6 is 0 Å². The molecular formula is C8H13NO6S. The lowest BCUT2D eigenvalue weighted by Gasteiger charge is -2.12. The first-order valence-electron chi connectivity index (χ1n) is 4.22. The molecule has 0 saturated heterocycles. The summed E-state index contributed by atoms with van der Waals surface area (Å²) in [5.74, 6) is -2.09. The number of rotatable bonds is 6. The summed E-state index contributed by atoms with van der Waals surface area (Å²) in [5.41, 5.74) is 0. The Morgan fingerprint density at radius 1 is 1.38 bits per heavy atom. The normalized spacial score (nSPS) is 11.9. The van der Waals surface area contributed by atoms with E-state index in [2.05, 4.69) is 4.74 Å². The third-order valence-corrected chi connectivity index (χ3v) is 2.89. The quantitative estimate of drug-likeness (QED) is 0.483. The van der Waals surface area contributed by atoms with Crippen LogP contribution in [0.5, 0.6) is 0 Å². The zero-order valence-corrected chi connectivity index (χ0v) is 9.73. The number of carbonyl (C=O) groups excluding carboxylic acids is 1. The summed E-state index contributed by atoms with van der Waals surface area (Å²) in [5, 5.41) is 8.20. The minimum atomic E-state index is -3.30. The fourth-order valence-electron chi connectivity index (χ4n) is 0.628. The first kappa shape index (κ1) is 14.6. The van der Waals surface area contributed by atoms with Crippen molar-refractivity contribution < 1.29 is 27.9 Å². The molecule has 0 fully saturated rings. The first-order chi connectivity index (χ1) is 7.23. The predicted molar refractivity (Wildman–Crippen MR) is 55.2 cm³/mol. The van der Waals surface area contributed by atoms with E-state index in [0.29, 0.717) is 6.08 Å². The van der Waals surface area contributed by atoms with Gasteiger partial charge in [0.15, 0.2) is 0 Å². The Bertz CT molecular complexity index is 385. The lowest BCUT2D eigenvalue weighted by molar-refractivity contribution is -0.138. The minimum Gasteiger partial charge on any atom is -0.478 e. The summed E-state index contributed by atoms with van der Waals surface area (Å²) in [6, 6.07) is 0. The summed E-state index contributed by atoms with van der Waals surface area (Å²) in [6.45, 7) is -0.113. The number of hydrogen-bond donors (Lipinski definition) is 1. The summed E-state index contributed by atoms with van der Waals surface area (Å²) in [4.78, 5) is 20.9. The molecule has 0 heterocycles. The van der Waals surface area contributed by atoms with E-state index in [9.17, 15) is 18.0 Å². The molecule has 0 radical (unpaired) electrons. The van der Waals surface area contributed by atoms with Crippen LogP contribution in [0.1, 0.15) is 0 Å². The standard InChI is InChI=1S/C8H13NO6S/c1-9(16(2,13)14)5-6-15-8(12)4-3-7(10)11/h3-4H,5-6H2,1-2H3,(H,10,11). The van der Waals surface area contributed by atoms with Crippen LogP contribution in [-0.2, 0) is 24.3 Å². The zero-order chi connectivity index (χ0) is 12.8. The van der Waals surface area contributed by atoms with E-state index in [1.807, 2.05) is 0 Å². The van der Waals surface area contributed by atoms with Crippen molar-refractivity contribution in [2.45, 2.75) is 0 Å². The van der Waals surface area contributed by atoms with Crippen LogP contribution in [0.15, 0.2) is 12.2 Å². The molecule has 7 nitrogen and oxygen atoms in total. The topological polar surface area (TPSA) is 101 Å². The molecule has 0 aliphatic heterocycles. The van der Waals surface area contributed by atoms with Gasteiger partial charge in [-0.2, -0.15) is 0 Å². The molecule has 0 aromatic carbocycles. The van der Waals surface area contributed by atoms with Crippen LogP contribution in [0.3, 0.4) is 0 Å². The zero-order valence-electron chi connectivity index (χ0n) is 8.91. The van der Waals surface area contributed by atoms with Gasteiger partial charge < -0.3 is 9.84 Å². The van der Waals surface area contributed by atoms with Gasteiger partial charge >= 0.3 is 11.9 Å². The van der Waals surface area contributed by atoms with Crippen LogP contribution < -0.4 is 0 Å².